The number of aryl methyl sites for hydroxylation is 1. The van der Waals surface area contributed by atoms with Gasteiger partial charge in [0, 0.05) is 12.2 Å². The number of piperazine rings is 1. The van der Waals surface area contributed by atoms with Gasteiger partial charge in [-0.1, -0.05) is 12.1 Å². The monoisotopic (exact) mass is 234 g/mol. The van der Waals surface area contributed by atoms with Crippen molar-refractivity contribution in [3.8, 4) is 0 Å². The van der Waals surface area contributed by atoms with Gasteiger partial charge in [0.1, 0.15) is 0 Å². The van der Waals surface area contributed by atoms with Gasteiger partial charge in [0.25, 0.3) is 0 Å². The number of hydrogen-bond acceptors (Lipinski definition) is 3. The fourth-order valence-corrected chi connectivity index (χ4v) is 2.19. The van der Waals surface area contributed by atoms with Crippen molar-refractivity contribution >= 4 is 11.6 Å². The highest BCUT2D eigenvalue weighted by molar-refractivity contribution is 5.83. The van der Waals surface area contributed by atoms with Gasteiger partial charge in [-0.25, -0.2) is 0 Å². The molecule has 92 valence electrons. The molecule has 0 aromatic heterocycles. The smallest absolute Gasteiger partial charge is 0.239 e. The minimum absolute atomic E-state index is 0.0207. The summed E-state index contributed by atoms with van der Waals surface area (Å²) >= 11 is 0. The maximum Gasteiger partial charge on any atom is 0.239 e. The highest BCUT2D eigenvalue weighted by Gasteiger charge is 2.24. The van der Waals surface area contributed by atoms with Crippen LogP contribution in [-0.4, -0.2) is 36.8 Å². The third-order valence-electron chi connectivity index (χ3n) is 3.28. The molecule has 1 amide bonds. The molecule has 2 N–H and O–H groups in total. The molecule has 1 unspecified atom stereocenters. The average Bonchev–Trinajstić information content (AvgIpc) is 2.31. The van der Waals surface area contributed by atoms with E-state index in [1.165, 1.54) is 11.1 Å². The lowest BCUT2D eigenvalue weighted by Crippen LogP contribution is -2.55. The van der Waals surface area contributed by atoms with Gasteiger partial charge in [-0.2, -0.15) is 0 Å². The third kappa shape index (κ3) is 2.42. The van der Waals surface area contributed by atoms with Crippen LogP contribution in [0.4, 0.5) is 5.69 Å². The van der Waals surface area contributed by atoms with E-state index in [0.717, 1.165) is 5.69 Å². The van der Waals surface area contributed by atoms with Crippen molar-refractivity contribution in [1.82, 2.24) is 5.32 Å². The van der Waals surface area contributed by atoms with Crippen molar-refractivity contribution in [2.24, 2.45) is 0 Å². The zero-order valence-electron chi connectivity index (χ0n) is 10.2. The largest absolute Gasteiger partial charge is 0.394 e. The first kappa shape index (κ1) is 11.9. The van der Waals surface area contributed by atoms with Crippen LogP contribution in [0.3, 0.4) is 0 Å². The highest BCUT2D eigenvalue weighted by atomic mass is 16.3. The van der Waals surface area contributed by atoms with Gasteiger partial charge < -0.3 is 15.3 Å². The van der Waals surface area contributed by atoms with Crippen LogP contribution in [0.5, 0.6) is 0 Å². The Morgan fingerprint density at radius 1 is 1.47 bits per heavy atom. The first-order valence-electron chi connectivity index (χ1n) is 5.83. The van der Waals surface area contributed by atoms with Gasteiger partial charge in [0.05, 0.1) is 19.2 Å². The topological polar surface area (TPSA) is 52.6 Å². The molecule has 4 heteroatoms. The van der Waals surface area contributed by atoms with Crippen molar-refractivity contribution in [1.29, 1.82) is 0 Å². The average molecular weight is 234 g/mol. The summed E-state index contributed by atoms with van der Waals surface area (Å²) in [7, 11) is 0. The summed E-state index contributed by atoms with van der Waals surface area (Å²) < 4.78 is 0. The van der Waals surface area contributed by atoms with Crippen molar-refractivity contribution in [3.05, 3.63) is 29.3 Å². The SMILES string of the molecule is Cc1cccc(N2CC(=O)NC(CO)C2)c1C. The lowest BCUT2D eigenvalue weighted by molar-refractivity contribution is -0.121. The maximum atomic E-state index is 11.5. The number of aliphatic hydroxyl groups excluding tert-OH is 1. The highest BCUT2D eigenvalue weighted by Crippen LogP contribution is 2.23. The molecule has 0 radical (unpaired) electrons. The molecule has 1 aromatic carbocycles. The zero-order chi connectivity index (χ0) is 12.4. The summed E-state index contributed by atoms with van der Waals surface area (Å²) in [6.45, 7) is 5.12. The van der Waals surface area contributed by atoms with Gasteiger partial charge in [-0.3, -0.25) is 4.79 Å². The van der Waals surface area contributed by atoms with E-state index in [9.17, 15) is 4.79 Å². The Kier molecular flexibility index (Phi) is 3.33. The van der Waals surface area contributed by atoms with E-state index >= 15 is 0 Å². The Bertz CT molecular complexity index is 431. The molecule has 1 saturated heterocycles. The second-order valence-corrected chi connectivity index (χ2v) is 4.55. The Hall–Kier alpha value is -1.55. The number of aliphatic hydroxyl groups is 1. The number of benzene rings is 1. The summed E-state index contributed by atoms with van der Waals surface area (Å²) in [6, 6.07) is 5.91. The van der Waals surface area contributed by atoms with E-state index < -0.39 is 0 Å². The molecule has 1 fully saturated rings. The summed E-state index contributed by atoms with van der Waals surface area (Å²) in [4.78, 5) is 13.6. The van der Waals surface area contributed by atoms with E-state index in [0.29, 0.717) is 13.1 Å². The second kappa shape index (κ2) is 4.75. The Morgan fingerprint density at radius 3 is 2.94 bits per heavy atom. The number of nitrogens with one attached hydrogen (secondary N) is 1. The lowest BCUT2D eigenvalue weighted by atomic mass is 10.1. The zero-order valence-corrected chi connectivity index (χ0v) is 10.2. The fourth-order valence-electron chi connectivity index (χ4n) is 2.19. The molecule has 1 aliphatic heterocycles. The molecular weight excluding hydrogens is 216 g/mol. The summed E-state index contributed by atoms with van der Waals surface area (Å²) in [5.74, 6) is -0.0313. The number of anilines is 1. The molecule has 17 heavy (non-hydrogen) atoms. The molecule has 0 spiro atoms. The summed E-state index contributed by atoms with van der Waals surface area (Å²) in [6.07, 6.45) is 0. The normalized spacial score (nSPS) is 20.3. The van der Waals surface area contributed by atoms with Crippen LogP contribution in [0.1, 0.15) is 11.1 Å². The number of hydrogen-bond donors (Lipinski definition) is 2. The van der Waals surface area contributed by atoms with E-state index in [1.807, 2.05) is 17.0 Å². The number of rotatable bonds is 2. The van der Waals surface area contributed by atoms with Gasteiger partial charge >= 0.3 is 0 Å². The van der Waals surface area contributed by atoms with E-state index in [4.69, 9.17) is 5.11 Å². The van der Waals surface area contributed by atoms with Crippen LogP contribution < -0.4 is 10.2 Å². The van der Waals surface area contributed by atoms with Gasteiger partial charge in [-0.15, -0.1) is 0 Å². The van der Waals surface area contributed by atoms with E-state index in [2.05, 4.69) is 25.2 Å². The summed E-state index contributed by atoms with van der Waals surface area (Å²) in [5, 5.41) is 11.9. The quantitative estimate of drug-likeness (QED) is 0.788. The molecule has 4 nitrogen and oxygen atoms in total. The van der Waals surface area contributed by atoms with Crippen LogP contribution in [0, 0.1) is 13.8 Å². The molecule has 1 aromatic rings. The molecule has 0 aliphatic carbocycles. The Balaban J connectivity index is 2.26. The molecule has 1 aliphatic rings. The fraction of sp³-hybridized carbons (Fsp3) is 0.462. The van der Waals surface area contributed by atoms with Gasteiger partial charge in [-0.05, 0) is 31.0 Å². The minimum Gasteiger partial charge on any atom is -0.394 e. The van der Waals surface area contributed by atoms with Crippen molar-refractivity contribution < 1.29 is 9.90 Å². The lowest BCUT2D eigenvalue weighted by Gasteiger charge is -2.34. The molecule has 0 bridgehead atoms. The molecule has 0 saturated carbocycles. The Labute approximate surface area is 101 Å². The van der Waals surface area contributed by atoms with Gasteiger partial charge in [0.15, 0.2) is 0 Å². The van der Waals surface area contributed by atoms with Crippen LogP contribution in [0.25, 0.3) is 0 Å². The molecule has 1 heterocycles. The van der Waals surface area contributed by atoms with Crippen LogP contribution in [0.2, 0.25) is 0 Å². The van der Waals surface area contributed by atoms with Crippen LogP contribution in [0.15, 0.2) is 18.2 Å². The first-order valence-corrected chi connectivity index (χ1v) is 5.83. The minimum atomic E-state index is -0.170. The van der Waals surface area contributed by atoms with Crippen LogP contribution in [-0.2, 0) is 4.79 Å². The van der Waals surface area contributed by atoms with Gasteiger partial charge in [0.2, 0.25) is 5.91 Å². The predicted molar refractivity (Wildman–Crippen MR) is 67.1 cm³/mol. The molecule has 2 rings (SSSR count). The van der Waals surface area contributed by atoms with E-state index in [-0.39, 0.29) is 18.6 Å². The Morgan fingerprint density at radius 2 is 2.24 bits per heavy atom. The number of carbonyl (C=O) groups is 1. The second-order valence-electron chi connectivity index (χ2n) is 4.55. The van der Waals surface area contributed by atoms with Crippen molar-refractivity contribution in [2.75, 3.05) is 24.6 Å². The molecular formula is C13H18N2O2. The predicted octanol–water partition coefficient (Wildman–Crippen LogP) is 0.601. The van der Waals surface area contributed by atoms with Crippen molar-refractivity contribution in [3.63, 3.8) is 0 Å². The first-order chi connectivity index (χ1) is 8.11. The maximum absolute atomic E-state index is 11.5. The van der Waals surface area contributed by atoms with E-state index in [1.54, 1.807) is 0 Å². The number of nitrogens with zero attached hydrogens (tertiary/aromatic N) is 1. The summed E-state index contributed by atoms with van der Waals surface area (Å²) in [5.41, 5.74) is 3.49. The number of carbonyl (C=O) groups excluding carboxylic acids is 1. The standard InChI is InChI=1S/C13H18N2O2/c1-9-4-3-5-12(10(9)2)15-6-11(8-16)14-13(17)7-15/h3-5,11,16H,6-8H2,1-2H3,(H,14,17). The molecule has 1 atom stereocenters. The third-order valence-corrected chi connectivity index (χ3v) is 3.28. The van der Waals surface area contributed by atoms with Crippen LogP contribution >= 0.6 is 0 Å². The number of amides is 1. The van der Waals surface area contributed by atoms with Crippen molar-refractivity contribution in [2.45, 2.75) is 19.9 Å².